The summed E-state index contributed by atoms with van der Waals surface area (Å²) >= 11 is 0. The van der Waals surface area contributed by atoms with Crippen molar-refractivity contribution in [2.75, 3.05) is 38.1 Å². The van der Waals surface area contributed by atoms with Crippen LogP contribution in [0.3, 0.4) is 0 Å². The van der Waals surface area contributed by atoms with E-state index in [1.54, 1.807) is 0 Å². The Hall–Kier alpha value is -2.56. The second-order valence-corrected chi connectivity index (χ2v) is 7.91. The van der Waals surface area contributed by atoms with Gasteiger partial charge in [-0.2, -0.15) is 0 Å². The van der Waals surface area contributed by atoms with E-state index in [9.17, 15) is 0 Å². The number of aromatic nitrogens is 1. The summed E-state index contributed by atoms with van der Waals surface area (Å²) in [6.45, 7) is 5.19. The zero-order chi connectivity index (χ0) is 19.2. The maximum Gasteiger partial charge on any atom is 0.193 e. The largest absolute Gasteiger partial charge is 0.357 e. The van der Waals surface area contributed by atoms with E-state index in [4.69, 9.17) is 0 Å². The summed E-state index contributed by atoms with van der Waals surface area (Å²) in [6, 6.07) is 15.1. The molecule has 1 atom stereocenters. The van der Waals surface area contributed by atoms with Gasteiger partial charge in [-0.15, -0.1) is 0 Å². The highest BCUT2D eigenvalue weighted by molar-refractivity contribution is 5.80. The van der Waals surface area contributed by atoms with Gasteiger partial charge in [0.05, 0.1) is 0 Å². The molecule has 0 radical (unpaired) electrons. The molecule has 2 saturated heterocycles. The molecule has 1 aromatic heterocycles. The number of guanidine groups is 1. The van der Waals surface area contributed by atoms with E-state index in [2.05, 4.69) is 67.6 Å². The van der Waals surface area contributed by atoms with Crippen LogP contribution < -0.4 is 10.2 Å². The molecular weight excluding hydrogens is 346 g/mol. The summed E-state index contributed by atoms with van der Waals surface area (Å²) in [6.07, 6.45) is 6.85. The van der Waals surface area contributed by atoms with Crippen LogP contribution in [0.4, 0.5) is 5.82 Å². The molecule has 5 heteroatoms. The molecule has 2 aromatic rings. The second kappa shape index (κ2) is 9.09. The predicted octanol–water partition coefficient (Wildman–Crippen LogP) is 3.32. The molecule has 1 aromatic carbocycles. The van der Waals surface area contributed by atoms with Crippen LogP contribution in [0.5, 0.6) is 0 Å². The molecular formula is C23H31N5. The smallest absolute Gasteiger partial charge is 0.193 e. The van der Waals surface area contributed by atoms with Gasteiger partial charge in [0.2, 0.25) is 0 Å². The average Bonchev–Trinajstić information content (AvgIpc) is 3.42. The molecule has 1 unspecified atom stereocenters. The summed E-state index contributed by atoms with van der Waals surface area (Å²) in [7, 11) is 1.88. The van der Waals surface area contributed by atoms with E-state index in [1.807, 2.05) is 13.2 Å². The molecule has 1 N–H and O–H groups in total. The molecule has 148 valence electrons. The minimum Gasteiger partial charge on any atom is -0.357 e. The van der Waals surface area contributed by atoms with Crippen molar-refractivity contribution in [2.24, 2.45) is 10.9 Å². The van der Waals surface area contributed by atoms with E-state index in [-0.39, 0.29) is 0 Å². The molecule has 28 heavy (non-hydrogen) atoms. The molecule has 0 spiro atoms. The molecule has 0 saturated carbocycles. The first-order chi connectivity index (χ1) is 13.8. The van der Waals surface area contributed by atoms with Crippen LogP contribution >= 0.6 is 0 Å². The third-order valence-corrected chi connectivity index (χ3v) is 5.85. The third-order valence-electron chi connectivity index (χ3n) is 5.85. The maximum absolute atomic E-state index is 4.55. The van der Waals surface area contributed by atoms with Crippen molar-refractivity contribution in [1.29, 1.82) is 0 Å². The SMILES string of the molecule is CN=C(NCc1ccnc(N2CCCC2)c1)N1CCC(Cc2ccccc2)C1. The average molecular weight is 378 g/mol. The van der Waals surface area contributed by atoms with E-state index in [0.29, 0.717) is 5.92 Å². The maximum atomic E-state index is 4.55. The Morgan fingerprint density at radius 1 is 1.11 bits per heavy atom. The fraction of sp³-hybridized carbons (Fsp3) is 0.478. The van der Waals surface area contributed by atoms with Gasteiger partial charge in [-0.3, -0.25) is 4.99 Å². The number of pyridine rings is 1. The third kappa shape index (κ3) is 4.64. The number of hydrogen-bond donors (Lipinski definition) is 1. The number of anilines is 1. The zero-order valence-corrected chi connectivity index (χ0v) is 16.8. The minimum atomic E-state index is 0.698. The number of rotatable bonds is 5. The molecule has 0 aliphatic carbocycles. The standard InChI is InChI=1S/C23H31N5/c1-24-23(28-14-10-21(18-28)15-19-7-3-2-4-8-19)26-17-20-9-11-25-22(16-20)27-12-5-6-13-27/h2-4,7-9,11,16,21H,5-6,10,12-15,17-18H2,1H3,(H,24,26). The monoisotopic (exact) mass is 377 g/mol. The lowest BCUT2D eigenvalue weighted by molar-refractivity contribution is 0.460. The number of benzene rings is 1. The quantitative estimate of drug-likeness (QED) is 0.641. The highest BCUT2D eigenvalue weighted by Crippen LogP contribution is 2.21. The highest BCUT2D eigenvalue weighted by atomic mass is 15.3. The molecule has 2 fully saturated rings. The van der Waals surface area contributed by atoms with E-state index in [0.717, 1.165) is 50.9 Å². The number of likely N-dealkylation sites (tertiary alicyclic amines) is 1. The Balaban J connectivity index is 1.31. The van der Waals surface area contributed by atoms with Crippen molar-refractivity contribution in [2.45, 2.75) is 32.2 Å². The molecule has 2 aliphatic rings. The number of nitrogens with one attached hydrogen (secondary N) is 1. The normalized spacial score (nSPS) is 20.0. The summed E-state index contributed by atoms with van der Waals surface area (Å²) in [4.78, 5) is 13.9. The lowest BCUT2D eigenvalue weighted by atomic mass is 9.99. The molecule has 3 heterocycles. The van der Waals surface area contributed by atoms with Crippen LogP contribution in [0.15, 0.2) is 53.7 Å². The van der Waals surface area contributed by atoms with Crippen molar-refractivity contribution in [3.8, 4) is 0 Å². The van der Waals surface area contributed by atoms with Crippen LogP contribution in [0.25, 0.3) is 0 Å². The topological polar surface area (TPSA) is 43.8 Å². The van der Waals surface area contributed by atoms with Crippen molar-refractivity contribution < 1.29 is 0 Å². The van der Waals surface area contributed by atoms with Gasteiger partial charge in [0, 0.05) is 46.0 Å². The number of nitrogens with zero attached hydrogens (tertiary/aromatic N) is 4. The fourth-order valence-corrected chi connectivity index (χ4v) is 4.34. The van der Waals surface area contributed by atoms with E-state index < -0.39 is 0 Å². The number of hydrogen-bond acceptors (Lipinski definition) is 3. The van der Waals surface area contributed by atoms with Crippen molar-refractivity contribution in [1.82, 2.24) is 15.2 Å². The zero-order valence-electron chi connectivity index (χ0n) is 16.8. The summed E-state index contributed by atoms with van der Waals surface area (Å²) in [5.41, 5.74) is 2.70. The first kappa shape index (κ1) is 18.8. The number of aliphatic imine (C=N–C) groups is 1. The van der Waals surface area contributed by atoms with Crippen molar-refractivity contribution in [3.63, 3.8) is 0 Å². The molecule has 0 amide bonds. The Morgan fingerprint density at radius 3 is 2.71 bits per heavy atom. The van der Waals surface area contributed by atoms with Crippen molar-refractivity contribution in [3.05, 3.63) is 59.8 Å². The van der Waals surface area contributed by atoms with E-state index >= 15 is 0 Å². The van der Waals surface area contributed by atoms with Crippen LogP contribution in [0.1, 0.15) is 30.4 Å². The van der Waals surface area contributed by atoms with Crippen LogP contribution in [0.2, 0.25) is 0 Å². The highest BCUT2D eigenvalue weighted by Gasteiger charge is 2.25. The summed E-state index contributed by atoms with van der Waals surface area (Å²) in [5.74, 6) is 2.81. The lowest BCUT2D eigenvalue weighted by Crippen LogP contribution is -2.39. The fourth-order valence-electron chi connectivity index (χ4n) is 4.34. The Kier molecular flexibility index (Phi) is 6.10. The lowest BCUT2D eigenvalue weighted by Gasteiger charge is -2.22. The van der Waals surface area contributed by atoms with Gasteiger partial charge < -0.3 is 15.1 Å². The van der Waals surface area contributed by atoms with Crippen LogP contribution in [0, 0.1) is 5.92 Å². The van der Waals surface area contributed by atoms with Crippen molar-refractivity contribution >= 4 is 11.8 Å². The van der Waals surface area contributed by atoms with Crippen LogP contribution in [-0.4, -0.2) is 49.1 Å². The van der Waals surface area contributed by atoms with Gasteiger partial charge in [-0.1, -0.05) is 30.3 Å². The predicted molar refractivity (Wildman–Crippen MR) is 116 cm³/mol. The first-order valence-corrected chi connectivity index (χ1v) is 10.5. The van der Waals surface area contributed by atoms with Gasteiger partial charge in [0.15, 0.2) is 5.96 Å². The van der Waals surface area contributed by atoms with E-state index in [1.165, 1.54) is 30.4 Å². The van der Waals surface area contributed by atoms with Crippen LogP contribution in [-0.2, 0) is 13.0 Å². The molecule has 4 rings (SSSR count). The molecule has 5 nitrogen and oxygen atoms in total. The molecule has 2 aliphatic heterocycles. The van der Waals surface area contributed by atoms with Gasteiger partial charge >= 0.3 is 0 Å². The van der Waals surface area contributed by atoms with Gasteiger partial charge in [-0.25, -0.2) is 4.98 Å². The Labute approximate surface area is 168 Å². The van der Waals surface area contributed by atoms with Gasteiger partial charge in [-0.05, 0) is 54.9 Å². The Bertz CT molecular complexity index is 783. The Morgan fingerprint density at radius 2 is 1.93 bits per heavy atom. The first-order valence-electron chi connectivity index (χ1n) is 10.5. The second-order valence-electron chi connectivity index (χ2n) is 7.91. The summed E-state index contributed by atoms with van der Waals surface area (Å²) in [5, 5.41) is 3.56. The van der Waals surface area contributed by atoms with Gasteiger partial charge in [0.1, 0.15) is 5.82 Å². The van der Waals surface area contributed by atoms with Gasteiger partial charge in [0.25, 0.3) is 0 Å². The molecule has 0 bridgehead atoms. The minimum absolute atomic E-state index is 0.698. The summed E-state index contributed by atoms with van der Waals surface area (Å²) < 4.78 is 0.